The van der Waals surface area contributed by atoms with Crippen molar-refractivity contribution in [2.24, 2.45) is 5.92 Å². The molecule has 1 aromatic carbocycles. The van der Waals surface area contributed by atoms with Crippen molar-refractivity contribution in [3.63, 3.8) is 0 Å². The van der Waals surface area contributed by atoms with E-state index in [1.165, 1.54) is 9.75 Å². The Hall–Kier alpha value is -1.16. The summed E-state index contributed by atoms with van der Waals surface area (Å²) in [5.74, 6) is 0.682. The lowest BCUT2D eigenvalue weighted by Gasteiger charge is -2.25. The molecular formula is C19H27NOS. The lowest BCUT2D eigenvalue weighted by molar-refractivity contribution is 0.106. The van der Waals surface area contributed by atoms with Crippen LogP contribution in [0.3, 0.4) is 0 Å². The molecule has 0 fully saturated rings. The van der Waals surface area contributed by atoms with Gasteiger partial charge in [0.1, 0.15) is 0 Å². The molecule has 0 unspecified atom stereocenters. The third kappa shape index (κ3) is 5.56. The molecule has 0 radical (unpaired) electrons. The molecule has 0 saturated carbocycles. The monoisotopic (exact) mass is 317 g/mol. The van der Waals surface area contributed by atoms with Crippen LogP contribution in [-0.4, -0.2) is 23.1 Å². The van der Waals surface area contributed by atoms with Crippen LogP contribution in [0.5, 0.6) is 0 Å². The first-order valence-electron chi connectivity index (χ1n) is 8.05. The molecule has 1 aromatic heterocycles. The first-order valence-corrected chi connectivity index (χ1v) is 8.87. The van der Waals surface area contributed by atoms with E-state index in [1.807, 2.05) is 41.7 Å². The third-order valence-electron chi connectivity index (χ3n) is 3.81. The second-order valence-corrected chi connectivity index (χ2v) is 7.73. The van der Waals surface area contributed by atoms with Crippen LogP contribution in [0.2, 0.25) is 0 Å². The standard InChI is InChI=1S/C19H27NOS/c1-15(2)11-12-20(13-18-10-9-16(3)22-18)14-19(21)17-7-5-4-6-8-17/h4-10,15,19,21H,11-14H2,1-3H3/t19-/m0/s1. The van der Waals surface area contributed by atoms with Crippen LogP contribution >= 0.6 is 11.3 Å². The highest BCUT2D eigenvalue weighted by molar-refractivity contribution is 7.11. The van der Waals surface area contributed by atoms with Gasteiger partial charge in [-0.25, -0.2) is 0 Å². The van der Waals surface area contributed by atoms with Crippen molar-refractivity contribution in [2.45, 2.75) is 39.8 Å². The number of aryl methyl sites for hydroxylation is 1. The van der Waals surface area contributed by atoms with Crippen molar-refractivity contribution in [3.05, 3.63) is 57.8 Å². The van der Waals surface area contributed by atoms with Gasteiger partial charge in [0.15, 0.2) is 0 Å². The van der Waals surface area contributed by atoms with E-state index in [9.17, 15) is 5.11 Å². The van der Waals surface area contributed by atoms with Crippen LogP contribution < -0.4 is 0 Å². The van der Waals surface area contributed by atoms with Crippen LogP contribution in [-0.2, 0) is 6.54 Å². The Bertz CT molecular complexity index is 550. The summed E-state index contributed by atoms with van der Waals surface area (Å²) in [5, 5.41) is 10.5. The Morgan fingerprint density at radius 1 is 1.09 bits per heavy atom. The minimum absolute atomic E-state index is 0.422. The van der Waals surface area contributed by atoms with Gasteiger partial charge in [0.2, 0.25) is 0 Å². The first-order chi connectivity index (χ1) is 10.5. The number of rotatable bonds is 8. The quantitative estimate of drug-likeness (QED) is 0.767. The molecule has 2 nitrogen and oxygen atoms in total. The molecule has 1 heterocycles. The van der Waals surface area contributed by atoms with Crippen LogP contribution in [0.4, 0.5) is 0 Å². The molecule has 0 amide bonds. The van der Waals surface area contributed by atoms with Crippen molar-refractivity contribution in [2.75, 3.05) is 13.1 Å². The Morgan fingerprint density at radius 2 is 1.82 bits per heavy atom. The van der Waals surface area contributed by atoms with Gasteiger partial charge in [-0.15, -0.1) is 11.3 Å². The Morgan fingerprint density at radius 3 is 2.41 bits per heavy atom. The van der Waals surface area contributed by atoms with Gasteiger partial charge < -0.3 is 5.11 Å². The van der Waals surface area contributed by atoms with E-state index in [1.54, 1.807) is 0 Å². The Balaban J connectivity index is 2.00. The van der Waals surface area contributed by atoms with E-state index in [0.717, 1.165) is 25.1 Å². The smallest absolute Gasteiger partial charge is 0.0917 e. The lowest BCUT2D eigenvalue weighted by Crippen LogP contribution is -2.29. The second kappa shape index (κ2) is 8.47. The van der Waals surface area contributed by atoms with Gasteiger partial charge in [-0.1, -0.05) is 44.2 Å². The molecule has 2 rings (SSSR count). The molecule has 1 atom stereocenters. The molecule has 0 bridgehead atoms. The van der Waals surface area contributed by atoms with Gasteiger partial charge in [-0.05, 0) is 43.5 Å². The van der Waals surface area contributed by atoms with Gasteiger partial charge in [-0.2, -0.15) is 0 Å². The van der Waals surface area contributed by atoms with Crippen molar-refractivity contribution < 1.29 is 5.11 Å². The van der Waals surface area contributed by atoms with Gasteiger partial charge in [-0.3, -0.25) is 4.90 Å². The minimum atomic E-state index is -0.422. The summed E-state index contributed by atoms with van der Waals surface area (Å²) in [6.07, 6.45) is 0.737. The summed E-state index contributed by atoms with van der Waals surface area (Å²) in [5.41, 5.74) is 0.999. The van der Waals surface area contributed by atoms with Gasteiger partial charge in [0.25, 0.3) is 0 Å². The van der Waals surface area contributed by atoms with Gasteiger partial charge in [0.05, 0.1) is 6.10 Å². The van der Waals surface area contributed by atoms with Gasteiger partial charge >= 0.3 is 0 Å². The molecule has 0 aliphatic heterocycles. The highest BCUT2D eigenvalue weighted by Crippen LogP contribution is 2.20. The predicted octanol–water partition coefficient (Wildman–Crippen LogP) is 4.64. The molecule has 22 heavy (non-hydrogen) atoms. The Labute approximate surface area is 138 Å². The Kier molecular flexibility index (Phi) is 6.62. The second-order valence-electron chi connectivity index (χ2n) is 6.36. The predicted molar refractivity (Wildman–Crippen MR) is 95.2 cm³/mol. The summed E-state index contributed by atoms with van der Waals surface area (Å²) in [6.45, 7) is 9.29. The number of nitrogens with zero attached hydrogens (tertiary/aromatic N) is 1. The highest BCUT2D eigenvalue weighted by atomic mass is 32.1. The SMILES string of the molecule is Cc1ccc(CN(CCC(C)C)C[C@H](O)c2ccccc2)s1. The van der Waals surface area contributed by atoms with Crippen molar-refractivity contribution in [1.82, 2.24) is 4.90 Å². The maximum atomic E-state index is 10.5. The summed E-state index contributed by atoms with van der Waals surface area (Å²) in [6, 6.07) is 14.3. The fraction of sp³-hybridized carbons (Fsp3) is 0.474. The maximum absolute atomic E-state index is 10.5. The van der Waals surface area contributed by atoms with Crippen LogP contribution in [0, 0.1) is 12.8 Å². The fourth-order valence-electron chi connectivity index (χ4n) is 2.49. The zero-order valence-corrected chi connectivity index (χ0v) is 14.6. The van der Waals surface area contributed by atoms with Gasteiger partial charge in [0, 0.05) is 22.8 Å². The van der Waals surface area contributed by atoms with E-state index in [-0.39, 0.29) is 0 Å². The molecule has 0 aliphatic rings. The zero-order chi connectivity index (χ0) is 15.9. The molecule has 120 valence electrons. The first kappa shape index (κ1) is 17.2. The molecule has 3 heteroatoms. The number of aliphatic hydroxyl groups is 1. The molecular weight excluding hydrogens is 290 g/mol. The van der Waals surface area contributed by atoms with Crippen molar-refractivity contribution in [3.8, 4) is 0 Å². The average molecular weight is 317 g/mol. The molecule has 1 N–H and O–H groups in total. The topological polar surface area (TPSA) is 23.5 Å². The highest BCUT2D eigenvalue weighted by Gasteiger charge is 2.15. The van der Waals surface area contributed by atoms with E-state index in [4.69, 9.17) is 0 Å². The van der Waals surface area contributed by atoms with E-state index in [2.05, 4.69) is 37.8 Å². The van der Waals surface area contributed by atoms with E-state index >= 15 is 0 Å². The third-order valence-corrected chi connectivity index (χ3v) is 4.80. The maximum Gasteiger partial charge on any atom is 0.0917 e. The normalized spacial score (nSPS) is 13.0. The molecule has 0 spiro atoms. The number of hydrogen-bond donors (Lipinski definition) is 1. The van der Waals surface area contributed by atoms with Crippen molar-refractivity contribution in [1.29, 1.82) is 0 Å². The molecule has 2 aromatic rings. The lowest BCUT2D eigenvalue weighted by atomic mass is 10.1. The minimum Gasteiger partial charge on any atom is -0.387 e. The summed E-state index contributed by atoms with van der Waals surface area (Å²) >= 11 is 1.85. The zero-order valence-electron chi connectivity index (χ0n) is 13.8. The summed E-state index contributed by atoms with van der Waals surface area (Å²) in [7, 11) is 0. The fourth-order valence-corrected chi connectivity index (χ4v) is 3.42. The van der Waals surface area contributed by atoms with Crippen LogP contribution in [0.1, 0.15) is 41.7 Å². The number of thiophene rings is 1. The van der Waals surface area contributed by atoms with E-state index in [0.29, 0.717) is 12.5 Å². The average Bonchev–Trinajstić information content (AvgIpc) is 2.90. The number of benzene rings is 1. The largest absolute Gasteiger partial charge is 0.387 e. The summed E-state index contributed by atoms with van der Waals surface area (Å²) < 4.78 is 0. The number of aliphatic hydroxyl groups excluding tert-OH is 1. The molecule has 0 saturated heterocycles. The summed E-state index contributed by atoms with van der Waals surface area (Å²) in [4.78, 5) is 5.10. The van der Waals surface area contributed by atoms with E-state index < -0.39 is 6.10 Å². The van der Waals surface area contributed by atoms with Crippen LogP contribution in [0.15, 0.2) is 42.5 Å². The number of hydrogen-bond acceptors (Lipinski definition) is 3. The van der Waals surface area contributed by atoms with Crippen LogP contribution in [0.25, 0.3) is 0 Å². The molecule has 0 aliphatic carbocycles. The van der Waals surface area contributed by atoms with Crippen molar-refractivity contribution >= 4 is 11.3 Å².